The first-order valence-corrected chi connectivity index (χ1v) is 14.1. The largest absolute Gasteiger partial charge is 0.344 e. The van der Waals surface area contributed by atoms with Gasteiger partial charge in [0, 0.05) is 25.0 Å². The average molecular weight is 494 g/mol. The van der Waals surface area contributed by atoms with Crippen molar-refractivity contribution in [3.05, 3.63) is 97.1 Å². The van der Waals surface area contributed by atoms with Crippen molar-refractivity contribution in [2.75, 3.05) is 5.32 Å². The number of amidine groups is 1. The minimum atomic E-state index is -0.730. The molecule has 0 bridgehead atoms. The van der Waals surface area contributed by atoms with Gasteiger partial charge in [0.2, 0.25) is 0 Å². The fourth-order valence-corrected chi connectivity index (χ4v) is 6.95. The fourth-order valence-electron chi connectivity index (χ4n) is 4.36. The molecule has 0 fully saturated rings. The predicted molar refractivity (Wildman–Crippen MR) is 161 cm³/mol. The van der Waals surface area contributed by atoms with Crippen molar-refractivity contribution in [3.63, 3.8) is 0 Å². The van der Waals surface area contributed by atoms with E-state index in [0.717, 1.165) is 29.0 Å². The van der Waals surface area contributed by atoms with Crippen LogP contribution in [0.5, 0.6) is 0 Å². The molecule has 4 aromatic rings. The van der Waals surface area contributed by atoms with Gasteiger partial charge >= 0.3 is 0 Å². The Balaban J connectivity index is 1.82. The highest BCUT2D eigenvalue weighted by Crippen LogP contribution is 2.40. The van der Waals surface area contributed by atoms with Crippen molar-refractivity contribution in [1.82, 2.24) is 0 Å². The predicted octanol–water partition coefficient (Wildman–Crippen LogP) is 8.29. The lowest BCUT2D eigenvalue weighted by Crippen LogP contribution is -2.19. The number of nitrogens with one attached hydrogen (secondary N) is 1. The van der Waals surface area contributed by atoms with E-state index in [9.17, 15) is 0 Å². The van der Waals surface area contributed by atoms with Gasteiger partial charge in [-0.2, -0.15) is 0 Å². The summed E-state index contributed by atoms with van der Waals surface area (Å²) in [4.78, 5) is 10.0. The lowest BCUT2D eigenvalue weighted by molar-refractivity contribution is 0.688. The topological polar surface area (TPSA) is 36.8 Å². The third kappa shape index (κ3) is 6.68. The van der Waals surface area contributed by atoms with Crippen LogP contribution in [-0.2, 0) is 0 Å². The van der Waals surface area contributed by atoms with Crippen LogP contribution in [0.1, 0.15) is 41.0 Å². The van der Waals surface area contributed by atoms with Gasteiger partial charge in [0.1, 0.15) is 0 Å². The van der Waals surface area contributed by atoms with Crippen molar-refractivity contribution >= 4 is 52.0 Å². The maximum absolute atomic E-state index is 5.36. The second-order valence-electron chi connectivity index (χ2n) is 9.78. The fraction of sp³-hybridized carbons (Fsp3) is 0.250. The molecule has 36 heavy (non-hydrogen) atoms. The third-order valence-electron chi connectivity index (χ3n) is 5.77. The Morgan fingerprint density at radius 2 is 1.42 bits per heavy atom. The van der Waals surface area contributed by atoms with E-state index in [1.54, 1.807) is 0 Å². The summed E-state index contributed by atoms with van der Waals surface area (Å²) in [5.74, 6) is 1.43. The normalized spacial score (nSPS) is 12.7. The first kappa shape index (κ1) is 25.8. The van der Waals surface area contributed by atoms with Crippen molar-refractivity contribution in [3.8, 4) is 0 Å². The first-order chi connectivity index (χ1) is 17.4. The molecule has 184 valence electrons. The minimum absolute atomic E-state index is 0.251. The summed E-state index contributed by atoms with van der Waals surface area (Å²) < 4.78 is 0. The average Bonchev–Trinajstić information content (AvgIpc) is 2.85. The Hall–Kier alpha value is -3.29. The third-order valence-corrected chi connectivity index (χ3v) is 8.20. The number of aliphatic imine (C=N–C) groups is 2. The highest BCUT2D eigenvalue weighted by atomic mass is 31.1. The minimum Gasteiger partial charge on any atom is -0.344 e. The van der Waals surface area contributed by atoms with E-state index >= 15 is 0 Å². The van der Waals surface area contributed by atoms with Gasteiger partial charge in [-0.15, -0.1) is 0 Å². The van der Waals surface area contributed by atoms with Crippen molar-refractivity contribution < 1.29 is 0 Å². The quantitative estimate of drug-likeness (QED) is 0.150. The lowest BCUT2D eigenvalue weighted by Gasteiger charge is -2.22. The van der Waals surface area contributed by atoms with Gasteiger partial charge in [-0.3, -0.25) is 9.98 Å². The maximum atomic E-state index is 5.36. The summed E-state index contributed by atoms with van der Waals surface area (Å²) >= 11 is 0. The molecule has 0 unspecified atom stereocenters. The van der Waals surface area contributed by atoms with Crippen LogP contribution in [0.3, 0.4) is 0 Å². The van der Waals surface area contributed by atoms with Crippen LogP contribution in [-0.4, -0.2) is 17.3 Å². The van der Waals surface area contributed by atoms with E-state index in [0.29, 0.717) is 5.92 Å². The molecule has 0 heterocycles. The van der Waals surface area contributed by atoms with Gasteiger partial charge in [-0.1, -0.05) is 92.7 Å². The summed E-state index contributed by atoms with van der Waals surface area (Å²) in [6.07, 6.45) is 0.952. The van der Waals surface area contributed by atoms with Crippen molar-refractivity contribution in [2.24, 2.45) is 15.9 Å². The summed E-state index contributed by atoms with van der Waals surface area (Å²) in [6, 6.07) is 34.8. The smallest absolute Gasteiger partial charge is 0.0978 e. The van der Waals surface area contributed by atoms with E-state index in [1.807, 2.05) is 6.92 Å². The standard InChI is InChI=1S/C32H36N3P/c1-23(2)21-32(36(28-14-8-6-9-15-28)29-16-10-7-11-17-29)35-27-20-19-26-13-12-18-31(30(26)22-27)34-25(5)33-24(3)4/h6-20,22-24H,21H2,1-5H3,(H,33,34). The Kier molecular flexibility index (Phi) is 8.67. The monoisotopic (exact) mass is 493 g/mol. The molecule has 4 heteroatoms. The van der Waals surface area contributed by atoms with Crippen LogP contribution < -0.4 is 15.9 Å². The number of hydrogen-bond donors (Lipinski definition) is 1. The molecule has 0 aliphatic carbocycles. The van der Waals surface area contributed by atoms with Gasteiger partial charge < -0.3 is 5.32 Å². The Labute approximate surface area is 217 Å². The van der Waals surface area contributed by atoms with Crippen LogP contribution in [0, 0.1) is 5.92 Å². The van der Waals surface area contributed by atoms with Gasteiger partial charge in [0.25, 0.3) is 0 Å². The maximum Gasteiger partial charge on any atom is 0.0978 e. The Bertz CT molecular complexity index is 1300. The molecule has 0 amide bonds. The highest BCUT2D eigenvalue weighted by molar-refractivity contribution is 7.88. The lowest BCUT2D eigenvalue weighted by atomic mass is 10.1. The van der Waals surface area contributed by atoms with E-state index in [1.165, 1.54) is 21.4 Å². The van der Waals surface area contributed by atoms with Gasteiger partial charge in [-0.05, 0) is 67.3 Å². The number of rotatable bonds is 8. The van der Waals surface area contributed by atoms with Gasteiger partial charge in [0.05, 0.1) is 17.0 Å². The zero-order valence-corrected chi connectivity index (χ0v) is 22.8. The zero-order chi connectivity index (χ0) is 25.5. The van der Waals surface area contributed by atoms with Crippen molar-refractivity contribution in [2.45, 2.75) is 47.1 Å². The summed E-state index contributed by atoms with van der Waals surface area (Å²) in [6.45, 7) is 10.8. The van der Waals surface area contributed by atoms with Crippen LogP contribution in [0.25, 0.3) is 10.8 Å². The Morgan fingerprint density at radius 1 is 0.778 bits per heavy atom. The number of benzene rings is 4. The number of nitrogens with zero attached hydrogens (tertiary/aromatic N) is 2. The molecule has 1 N–H and O–H groups in total. The second kappa shape index (κ2) is 12.1. The molecule has 0 aromatic heterocycles. The number of anilines is 1. The van der Waals surface area contributed by atoms with E-state index in [4.69, 9.17) is 4.99 Å². The molecule has 0 atom stereocenters. The molecule has 0 aliphatic rings. The number of hydrogen-bond acceptors (Lipinski definition) is 2. The first-order valence-electron chi connectivity index (χ1n) is 12.7. The van der Waals surface area contributed by atoms with E-state index in [2.05, 4.69) is 135 Å². The van der Waals surface area contributed by atoms with Gasteiger partial charge in [0.15, 0.2) is 0 Å². The van der Waals surface area contributed by atoms with Crippen molar-refractivity contribution in [1.29, 1.82) is 0 Å². The molecular weight excluding hydrogens is 457 g/mol. The molecule has 4 rings (SSSR count). The van der Waals surface area contributed by atoms with E-state index < -0.39 is 7.92 Å². The van der Waals surface area contributed by atoms with Crippen LogP contribution >= 0.6 is 7.92 Å². The highest BCUT2D eigenvalue weighted by Gasteiger charge is 2.21. The summed E-state index contributed by atoms with van der Waals surface area (Å²) in [5.41, 5.74) is 3.30. The SMILES string of the molecule is CC(=NC(C)C)Nc1cccc2ccc(N=C(CC(C)C)P(c3ccccc3)c3ccccc3)cc12. The zero-order valence-electron chi connectivity index (χ0n) is 21.9. The van der Waals surface area contributed by atoms with Crippen LogP contribution in [0.15, 0.2) is 107 Å². The summed E-state index contributed by atoms with van der Waals surface area (Å²) in [7, 11) is -0.730. The van der Waals surface area contributed by atoms with Gasteiger partial charge in [-0.25, -0.2) is 0 Å². The molecule has 0 saturated heterocycles. The molecule has 0 aliphatic heterocycles. The molecule has 0 saturated carbocycles. The van der Waals surface area contributed by atoms with Crippen LogP contribution in [0.4, 0.5) is 11.4 Å². The molecule has 0 radical (unpaired) electrons. The number of fused-ring (bicyclic) bond motifs is 1. The van der Waals surface area contributed by atoms with Crippen LogP contribution in [0.2, 0.25) is 0 Å². The van der Waals surface area contributed by atoms with E-state index in [-0.39, 0.29) is 6.04 Å². The molecule has 4 aromatic carbocycles. The second-order valence-corrected chi connectivity index (χ2v) is 12.0. The molecular formula is C32H36N3P. The Morgan fingerprint density at radius 3 is 2.00 bits per heavy atom. The molecule has 3 nitrogen and oxygen atoms in total. The summed E-state index contributed by atoms with van der Waals surface area (Å²) in [5, 5.41) is 8.53. The molecule has 0 spiro atoms.